The number of ether oxygens (including phenoxy) is 1. The Kier molecular flexibility index (Phi) is 6.78. The van der Waals surface area contributed by atoms with Crippen molar-refractivity contribution in [1.82, 2.24) is 4.98 Å². The molecule has 7 rings (SSSR count). The average Bonchev–Trinajstić information content (AvgIpc) is 3.69. The summed E-state index contributed by atoms with van der Waals surface area (Å²) in [5, 5.41) is 0.973. The van der Waals surface area contributed by atoms with E-state index in [1.54, 1.807) is 60.7 Å². The first-order valence-corrected chi connectivity index (χ1v) is 15.1. The van der Waals surface area contributed by atoms with Crippen LogP contribution in [0.4, 0.5) is 5.69 Å². The van der Waals surface area contributed by atoms with Crippen molar-refractivity contribution in [1.29, 1.82) is 0 Å². The molecule has 5 atom stereocenters. The van der Waals surface area contributed by atoms with Gasteiger partial charge in [0.1, 0.15) is 0 Å². The first-order chi connectivity index (χ1) is 20.7. The third-order valence-electron chi connectivity index (χ3n) is 8.64. The molecule has 3 aromatic carbocycles. The summed E-state index contributed by atoms with van der Waals surface area (Å²) in [5.74, 6) is -1.59. The third kappa shape index (κ3) is 4.69. The van der Waals surface area contributed by atoms with Crippen LogP contribution in [0.1, 0.15) is 34.1 Å². The second-order valence-electron chi connectivity index (χ2n) is 11.2. The predicted molar refractivity (Wildman–Crippen MR) is 166 cm³/mol. The molecule has 1 aliphatic heterocycles. The standard InChI is InChI=1S/C34H24BrClN2O5/c1-17(31(39)21-3-2-4-23(36)14-21)43-34(42)26-16-28(37-27-12-9-22(35)15-25(26)27)18-7-10-24(11-8-18)38-32(40)29-19-5-6-20(13-19)30(29)33(38)41/h2-12,14-17,19-20,29-30H,13H2,1H3. The van der Waals surface area contributed by atoms with E-state index in [9.17, 15) is 19.2 Å². The molecule has 0 N–H and O–H groups in total. The minimum Gasteiger partial charge on any atom is -0.451 e. The fourth-order valence-corrected chi connectivity index (χ4v) is 7.16. The molecule has 2 aliphatic carbocycles. The van der Waals surface area contributed by atoms with E-state index in [1.165, 1.54) is 17.9 Å². The minimum atomic E-state index is -1.05. The third-order valence-corrected chi connectivity index (χ3v) is 9.37. The number of carbonyl (C=O) groups excluding carboxylic acids is 4. The number of anilines is 1. The number of fused-ring (bicyclic) bond motifs is 6. The highest BCUT2D eigenvalue weighted by Gasteiger charge is 2.59. The van der Waals surface area contributed by atoms with E-state index in [1.807, 2.05) is 6.07 Å². The second-order valence-corrected chi connectivity index (χ2v) is 12.5. The van der Waals surface area contributed by atoms with Crippen LogP contribution in [-0.2, 0) is 14.3 Å². The lowest BCUT2D eigenvalue weighted by Crippen LogP contribution is -2.32. The van der Waals surface area contributed by atoms with Gasteiger partial charge in [0.05, 0.1) is 34.3 Å². The number of allylic oxidation sites excluding steroid dienone is 2. The van der Waals surface area contributed by atoms with Crippen molar-refractivity contribution < 1.29 is 23.9 Å². The van der Waals surface area contributed by atoms with Gasteiger partial charge in [-0.2, -0.15) is 0 Å². The van der Waals surface area contributed by atoms with Crippen molar-refractivity contribution in [3.05, 3.63) is 106 Å². The molecule has 1 saturated heterocycles. The Labute approximate surface area is 260 Å². The van der Waals surface area contributed by atoms with Crippen LogP contribution in [0, 0.1) is 23.7 Å². The molecule has 2 bridgehead atoms. The number of aromatic nitrogens is 1. The summed E-state index contributed by atoms with van der Waals surface area (Å²) in [5.41, 5.74) is 2.86. The maximum absolute atomic E-state index is 13.5. The van der Waals surface area contributed by atoms with E-state index < -0.39 is 12.1 Å². The van der Waals surface area contributed by atoms with E-state index in [-0.39, 0.29) is 46.8 Å². The normalized spacial score (nSPS) is 22.7. The topological polar surface area (TPSA) is 93.6 Å². The average molecular weight is 656 g/mol. The van der Waals surface area contributed by atoms with Crippen LogP contribution in [0.5, 0.6) is 0 Å². The van der Waals surface area contributed by atoms with Gasteiger partial charge >= 0.3 is 5.97 Å². The number of nitrogens with zero attached hydrogens (tertiary/aromatic N) is 2. The highest BCUT2D eigenvalue weighted by atomic mass is 79.9. The zero-order valence-corrected chi connectivity index (χ0v) is 25.2. The highest BCUT2D eigenvalue weighted by Crippen LogP contribution is 2.53. The molecule has 214 valence electrons. The molecule has 5 unspecified atom stereocenters. The summed E-state index contributed by atoms with van der Waals surface area (Å²) >= 11 is 9.50. The summed E-state index contributed by atoms with van der Waals surface area (Å²) in [6.07, 6.45) is 3.97. The maximum Gasteiger partial charge on any atom is 0.339 e. The van der Waals surface area contributed by atoms with Gasteiger partial charge in [-0.15, -0.1) is 0 Å². The highest BCUT2D eigenvalue weighted by molar-refractivity contribution is 9.10. The molecule has 3 aliphatic rings. The number of Topliss-reactive ketones (excluding diaryl/α,β-unsaturated/α-hetero) is 1. The van der Waals surface area contributed by atoms with E-state index in [0.29, 0.717) is 38.4 Å². The number of pyridine rings is 1. The van der Waals surface area contributed by atoms with E-state index >= 15 is 0 Å². The molecule has 2 heterocycles. The first kappa shape index (κ1) is 27.7. The molecular weight excluding hydrogens is 632 g/mol. The Morgan fingerprint density at radius 3 is 2.33 bits per heavy atom. The first-order valence-electron chi connectivity index (χ1n) is 14.0. The maximum atomic E-state index is 13.5. The summed E-state index contributed by atoms with van der Waals surface area (Å²) in [7, 11) is 0. The van der Waals surface area contributed by atoms with Crippen LogP contribution in [0.15, 0.2) is 89.4 Å². The van der Waals surface area contributed by atoms with Crippen molar-refractivity contribution in [3.63, 3.8) is 0 Å². The molecule has 1 aromatic heterocycles. The summed E-state index contributed by atoms with van der Waals surface area (Å²) in [6.45, 7) is 1.52. The molecular formula is C34H24BrClN2O5. The van der Waals surface area contributed by atoms with E-state index in [0.717, 1.165) is 10.9 Å². The van der Waals surface area contributed by atoms with Crippen LogP contribution in [-0.4, -0.2) is 34.7 Å². The number of amides is 2. The molecule has 1 saturated carbocycles. The molecule has 9 heteroatoms. The SMILES string of the molecule is CC(OC(=O)c1cc(-c2ccc(N3C(=O)C4C5C=CC(C5)C4C3=O)cc2)nc2ccc(Br)cc12)C(=O)c1cccc(Cl)c1. The van der Waals surface area contributed by atoms with Gasteiger partial charge in [0.15, 0.2) is 6.10 Å². The van der Waals surface area contributed by atoms with Gasteiger partial charge in [-0.1, -0.05) is 63.9 Å². The lowest BCUT2D eigenvalue weighted by molar-refractivity contribution is -0.123. The molecule has 43 heavy (non-hydrogen) atoms. The van der Waals surface area contributed by atoms with E-state index in [4.69, 9.17) is 21.3 Å². The molecule has 7 nitrogen and oxygen atoms in total. The number of rotatable bonds is 6. The summed E-state index contributed by atoms with van der Waals surface area (Å²) < 4.78 is 6.39. The summed E-state index contributed by atoms with van der Waals surface area (Å²) in [4.78, 5) is 59.0. The smallest absolute Gasteiger partial charge is 0.339 e. The lowest BCUT2D eigenvalue weighted by Gasteiger charge is -2.18. The zero-order valence-electron chi connectivity index (χ0n) is 22.9. The molecule has 0 spiro atoms. The van der Waals surface area contributed by atoms with Crippen molar-refractivity contribution in [2.45, 2.75) is 19.4 Å². The number of benzene rings is 3. The number of carbonyl (C=O) groups is 4. The summed E-state index contributed by atoms with van der Waals surface area (Å²) in [6, 6.07) is 20.5. The number of ketones is 1. The Hall–Kier alpha value is -4.14. The molecule has 0 radical (unpaired) electrons. The number of halogens is 2. The van der Waals surface area contributed by atoms with Crippen molar-refractivity contribution >= 4 is 67.7 Å². The van der Waals surface area contributed by atoms with Gasteiger partial charge in [-0.25, -0.2) is 9.78 Å². The Morgan fingerprint density at radius 2 is 1.65 bits per heavy atom. The van der Waals surface area contributed by atoms with Gasteiger partial charge in [0.25, 0.3) is 0 Å². The molecule has 2 amide bonds. The largest absolute Gasteiger partial charge is 0.451 e. The fourth-order valence-electron chi connectivity index (χ4n) is 6.61. The monoisotopic (exact) mass is 654 g/mol. The van der Waals surface area contributed by atoms with Gasteiger partial charge in [-0.3, -0.25) is 19.3 Å². The molecule has 2 fully saturated rings. The lowest BCUT2D eigenvalue weighted by atomic mass is 9.85. The minimum absolute atomic E-state index is 0.138. The predicted octanol–water partition coefficient (Wildman–Crippen LogP) is 7.06. The van der Waals surface area contributed by atoms with Crippen LogP contribution in [0.2, 0.25) is 5.02 Å². The van der Waals surface area contributed by atoms with Gasteiger partial charge in [0, 0.05) is 26.0 Å². The van der Waals surface area contributed by atoms with Crippen LogP contribution < -0.4 is 4.90 Å². The number of imide groups is 1. The fraction of sp³-hybridized carbons (Fsp3) is 0.206. The van der Waals surface area contributed by atoms with Crippen LogP contribution in [0.3, 0.4) is 0 Å². The van der Waals surface area contributed by atoms with Crippen molar-refractivity contribution in [2.24, 2.45) is 23.7 Å². The second kappa shape index (κ2) is 10.5. The number of hydrogen-bond acceptors (Lipinski definition) is 6. The van der Waals surface area contributed by atoms with E-state index in [2.05, 4.69) is 28.1 Å². The molecule has 4 aromatic rings. The Morgan fingerprint density at radius 1 is 0.953 bits per heavy atom. The van der Waals surface area contributed by atoms with Crippen molar-refractivity contribution in [3.8, 4) is 11.3 Å². The Bertz CT molecular complexity index is 1860. The van der Waals surface area contributed by atoms with Crippen LogP contribution >= 0.6 is 27.5 Å². The number of esters is 1. The van der Waals surface area contributed by atoms with Gasteiger partial charge in [-0.05, 0) is 73.7 Å². The van der Waals surface area contributed by atoms with Gasteiger partial charge in [0.2, 0.25) is 17.6 Å². The van der Waals surface area contributed by atoms with Crippen molar-refractivity contribution in [2.75, 3.05) is 4.90 Å². The zero-order chi connectivity index (χ0) is 30.0. The quantitative estimate of drug-likeness (QED) is 0.0956. The Balaban J connectivity index is 1.18. The number of hydrogen-bond donors (Lipinski definition) is 0. The van der Waals surface area contributed by atoms with Gasteiger partial charge < -0.3 is 4.74 Å². The van der Waals surface area contributed by atoms with Crippen LogP contribution in [0.25, 0.3) is 22.2 Å².